The van der Waals surface area contributed by atoms with Gasteiger partial charge in [0.25, 0.3) is 5.91 Å². The molecule has 5 nitrogen and oxygen atoms in total. The topological polar surface area (TPSA) is 66.2 Å². The number of fused-ring (bicyclic) bond motifs is 1. The molecule has 0 saturated heterocycles. The zero-order valence-electron chi connectivity index (χ0n) is 15.4. The summed E-state index contributed by atoms with van der Waals surface area (Å²) in [7, 11) is 0. The second kappa shape index (κ2) is 7.39. The normalized spacial score (nSPS) is 21.6. The van der Waals surface area contributed by atoms with E-state index in [1.807, 2.05) is 11.0 Å². The van der Waals surface area contributed by atoms with Gasteiger partial charge in [-0.1, -0.05) is 0 Å². The van der Waals surface area contributed by atoms with Crippen molar-refractivity contribution in [3.63, 3.8) is 0 Å². The monoisotopic (exact) mass is 401 g/mol. The Bertz CT molecular complexity index is 976. The first-order valence-corrected chi connectivity index (χ1v) is 9.38. The van der Waals surface area contributed by atoms with Crippen LogP contribution in [0.25, 0.3) is 0 Å². The van der Waals surface area contributed by atoms with Gasteiger partial charge in [0.05, 0.1) is 28.9 Å². The minimum absolute atomic E-state index is 0.0145. The number of nitriles is 1. The Morgan fingerprint density at radius 1 is 1.17 bits per heavy atom. The largest absolute Gasteiger partial charge is 0.490 e. The predicted molar refractivity (Wildman–Crippen MR) is 96.9 cm³/mol. The van der Waals surface area contributed by atoms with Crippen LogP contribution in [0, 0.1) is 11.3 Å². The lowest BCUT2D eigenvalue weighted by Crippen LogP contribution is -2.40. The molecule has 1 aliphatic heterocycles. The van der Waals surface area contributed by atoms with Gasteiger partial charge in [0, 0.05) is 25.0 Å². The molecule has 2 aromatic rings. The maximum atomic E-state index is 13.1. The fourth-order valence-electron chi connectivity index (χ4n) is 4.05. The minimum atomic E-state index is -4.61. The number of carbonyl (C=O) groups excluding carboxylic acids is 1. The van der Waals surface area contributed by atoms with Crippen LogP contribution in [0.15, 0.2) is 36.7 Å². The van der Waals surface area contributed by atoms with E-state index in [-0.39, 0.29) is 23.8 Å². The lowest BCUT2D eigenvalue weighted by molar-refractivity contribution is -0.137. The predicted octanol–water partition coefficient (Wildman–Crippen LogP) is 4.32. The van der Waals surface area contributed by atoms with Crippen LogP contribution in [0.5, 0.6) is 5.75 Å². The Kier molecular flexibility index (Phi) is 4.91. The molecule has 4 rings (SSSR count). The Balaban J connectivity index is 1.39. The van der Waals surface area contributed by atoms with Crippen molar-refractivity contribution in [3.05, 3.63) is 58.9 Å². The molecule has 1 amide bonds. The van der Waals surface area contributed by atoms with Gasteiger partial charge in [-0.2, -0.15) is 18.4 Å². The first-order valence-electron chi connectivity index (χ1n) is 9.38. The Morgan fingerprint density at radius 2 is 1.93 bits per heavy atom. The van der Waals surface area contributed by atoms with E-state index in [1.54, 1.807) is 18.5 Å². The minimum Gasteiger partial charge on any atom is -0.490 e. The molecule has 0 N–H and O–H groups in total. The van der Waals surface area contributed by atoms with E-state index >= 15 is 0 Å². The van der Waals surface area contributed by atoms with E-state index in [1.165, 1.54) is 6.07 Å². The zero-order chi connectivity index (χ0) is 20.6. The number of pyridine rings is 1. The van der Waals surface area contributed by atoms with Crippen LogP contribution in [-0.4, -0.2) is 27.9 Å². The van der Waals surface area contributed by atoms with Gasteiger partial charge in [0.15, 0.2) is 0 Å². The fraction of sp³-hybridized carbons (Fsp3) is 0.381. The molecule has 1 saturated carbocycles. The molecule has 1 aliphatic carbocycles. The van der Waals surface area contributed by atoms with Crippen LogP contribution in [-0.2, 0) is 12.7 Å². The van der Waals surface area contributed by atoms with Crippen molar-refractivity contribution in [2.75, 3.05) is 0 Å². The molecule has 0 unspecified atom stereocenters. The number of hydrogen-bond donors (Lipinski definition) is 0. The van der Waals surface area contributed by atoms with Crippen LogP contribution in [0.4, 0.5) is 13.2 Å². The quantitative estimate of drug-likeness (QED) is 0.768. The van der Waals surface area contributed by atoms with Crippen molar-refractivity contribution in [2.24, 2.45) is 0 Å². The summed E-state index contributed by atoms with van der Waals surface area (Å²) < 4.78 is 45.1. The van der Waals surface area contributed by atoms with Crippen molar-refractivity contribution in [3.8, 4) is 11.8 Å². The van der Waals surface area contributed by atoms with Crippen molar-refractivity contribution in [1.29, 1.82) is 5.26 Å². The lowest BCUT2D eigenvalue weighted by Gasteiger charge is -2.34. The third-order valence-corrected chi connectivity index (χ3v) is 5.55. The smallest absolute Gasteiger partial charge is 0.417 e. The van der Waals surface area contributed by atoms with E-state index in [0.29, 0.717) is 24.9 Å². The maximum absolute atomic E-state index is 13.1. The molecule has 150 valence electrons. The number of halogens is 3. The number of amides is 1. The summed E-state index contributed by atoms with van der Waals surface area (Å²) in [5.74, 6) is 0.0925. The molecular weight excluding hydrogens is 383 g/mol. The van der Waals surface area contributed by atoms with Crippen LogP contribution >= 0.6 is 0 Å². The summed E-state index contributed by atoms with van der Waals surface area (Å²) in [6, 6.07) is 6.92. The highest BCUT2D eigenvalue weighted by Gasteiger charge is 2.36. The molecule has 8 heteroatoms. The van der Waals surface area contributed by atoms with Crippen molar-refractivity contribution < 1.29 is 22.7 Å². The third-order valence-electron chi connectivity index (χ3n) is 5.55. The molecule has 0 atom stereocenters. The van der Waals surface area contributed by atoms with Crippen molar-refractivity contribution >= 4 is 5.91 Å². The van der Waals surface area contributed by atoms with E-state index in [9.17, 15) is 18.0 Å². The van der Waals surface area contributed by atoms with Gasteiger partial charge in [-0.25, -0.2) is 0 Å². The third kappa shape index (κ3) is 3.77. The number of alkyl halides is 3. The summed E-state index contributed by atoms with van der Waals surface area (Å²) in [4.78, 5) is 18.4. The first kappa shape index (κ1) is 19.2. The summed E-state index contributed by atoms with van der Waals surface area (Å²) in [5.41, 5.74) is 0.208. The highest BCUT2D eigenvalue weighted by atomic mass is 19.4. The van der Waals surface area contributed by atoms with Gasteiger partial charge < -0.3 is 9.64 Å². The average molecular weight is 401 g/mol. The van der Waals surface area contributed by atoms with Gasteiger partial charge in [-0.05, 0) is 55.5 Å². The lowest BCUT2D eigenvalue weighted by atomic mass is 9.92. The fourth-order valence-corrected chi connectivity index (χ4v) is 4.05. The van der Waals surface area contributed by atoms with Crippen molar-refractivity contribution in [2.45, 2.75) is 50.6 Å². The zero-order valence-corrected chi connectivity index (χ0v) is 15.4. The van der Waals surface area contributed by atoms with Gasteiger partial charge in [-0.3, -0.25) is 9.78 Å². The van der Waals surface area contributed by atoms with Gasteiger partial charge >= 0.3 is 6.18 Å². The summed E-state index contributed by atoms with van der Waals surface area (Å²) in [6.07, 6.45) is 1.17. The molecule has 0 radical (unpaired) electrons. The van der Waals surface area contributed by atoms with Crippen LogP contribution in [0.2, 0.25) is 0 Å². The number of benzene rings is 1. The van der Waals surface area contributed by atoms with Gasteiger partial charge in [0.1, 0.15) is 5.75 Å². The van der Waals surface area contributed by atoms with E-state index in [0.717, 1.165) is 30.5 Å². The number of nitrogens with zero attached hydrogens (tertiary/aromatic N) is 3. The summed E-state index contributed by atoms with van der Waals surface area (Å²) >= 11 is 0. The molecule has 1 fully saturated rings. The van der Waals surface area contributed by atoms with Crippen LogP contribution in [0.1, 0.15) is 52.7 Å². The van der Waals surface area contributed by atoms with Crippen LogP contribution < -0.4 is 4.74 Å². The second-order valence-corrected chi connectivity index (χ2v) is 7.33. The van der Waals surface area contributed by atoms with E-state index in [4.69, 9.17) is 10.00 Å². The van der Waals surface area contributed by atoms with Crippen LogP contribution in [0.3, 0.4) is 0 Å². The summed E-state index contributed by atoms with van der Waals surface area (Å²) in [6.45, 7) is 0.567. The first-order chi connectivity index (χ1) is 13.9. The maximum Gasteiger partial charge on any atom is 0.417 e. The number of aromatic nitrogens is 1. The Hall–Kier alpha value is -3.08. The molecular formula is C21H18F3N3O2. The number of hydrogen-bond acceptors (Lipinski definition) is 4. The molecule has 1 aromatic heterocycles. The van der Waals surface area contributed by atoms with E-state index < -0.39 is 17.3 Å². The standard InChI is InChI=1S/C21H18F3N3O2/c22-21(23,24)19-9-17(4-1-13(19)10-25)29-16-5-2-15(3-6-16)27-12-14-7-8-26-11-18(14)20(27)28/h1,4,7-9,11,15-16H,2-3,5-6,12H2. The van der Waals surface area contributed by atoms with Gasteiger partial charge in [0.2, 0.25) is 0 Å². The average Bonchev–Trinajstić information content (AvgIpc) is 3.05. The molecule has 2 aliphatic rings. The molecule has 1 aromatic carbocycles. The highest BCUT2D eigenvalue weighted by Crippen LogP contribution is 2.36. The molecule has 0 spiro atoms. The Morgan fingerprint density at radius 3 is 2.59 bits per heavy atom. The molecule has 29 heavy (non-hydrogen) atoms. The van der Waals surface area contributed by atoms with E-state index in [2.05, 4.69) is 4.98 Å². The molecule has 2 heterocycles. The van der Waals surface area contributed by atoms with Crippen molar-refractivity contribution in [1.82, 2.24) is 9.88 Å². The Labute approximate surface area is 165 Å². The number of carbonyl (C=O) groups is 1. The molecule has 0 bridgehead atoms. The summed E-state index contributed by atoms with van der Waals surface area (Å²) in [5, 5.41) is 8.89. The highest BCUT2D eigenvalue weighted by molar-refractivity contribution is 5.98. The number of rotatable bonds is 3. The SMILES string of the molecule is N#Cc1ccc(OC2CCC(N3Cc4ccncc4C3=O)CC2)cc1C(F)(F)F. The second-order valence-electron chi connectivity index (χ2n) is 7.33. The van der Waals surface area contributed by atoms with Gasteiger partial charge in [-0.15, -0.1) is 0 Å². The number of ether oxygens (including phenoxy) is 1.